The van der Waals surface area contributed by atoms with Crippen molar-refractivity contribution in [1.29, 1.82) is 0 Å². The maximum Gasteiger partial charge on any atom is 0.255 e. The molecule has 0 radical (unpaired) electrons. The fourth-order valence-corrected chi connectivity index (χ4v) is 10.7. The van der Waals surface area contributed by atoms with E-state index in [9.17, 15) is 14.4 Å². The topological polar surface area (TPSA) is 151 Å². The van der Waals surface area contributed by atoms with Crippen LogP contribution in [0.15, 0.2) is 42.7 Å². The van der Waals surface area contributed by atoms with E-state index >= 15 is 4.39 Å². The minimum Gasteiger partial charge on any atom is -0.488 e. The number of piperazine rings is 2. The highest BCUT2D eigenvalue weighted by Crippen LogP contribution is 2.42. The monoisotopic (exact) mass is 890 g/mol. The Bertz CT molecular complexity index is 2450. The zero-order chi connectivity index (χ0) is 44.2. The van der Waals surface area contributed by atoms with Crippen LogP contribution in [0.3, 0.4) is 0 Å². The first-order chi connectivity index (χ1) is 31.6. The minimum absolute atomic E-state index is 0.0285. The second kappa shape index (κ2) is 17.5. The molecule has 65 heavy (non-hydrogen) atoms. The van der Waals surface area contributed by atoms with Crippen LogP contribution >= 0.6 is 0 Å². The number of halogens is 1. The van der Waals surface area contributed by atoms with Gasteiger partial charge < -0.3 is 28.9 Å². The Kier molecular flexibility index (Phi) is 11.4. The summed E-state index contributed by atoms with van der Waals surface area (Å²) in [5.41, 5.74) is 3.69. The highest BCUT2D eigenvalue weighted by molar-refractivity contribution is 6.05. The van der Waals surface area contributed by atoms with Crippen LogP contribution < -0.4 is 19.9 Å². The summed E-state index contributed by atoms with van der Waals surface area (Å²) in [7, 11) is 0. The number of imide groups is 1. The van der Waals surface area contributed by atoms with Gasteiger partial charge in [-0.05, 0) is 94.5 Å². The summed E-state index contributed by atoms with van der Waals surface area (Å²) in [5.74, 6) is 0.672. The van der Waals surface area contributed by atoms with Crippen molar-refractivity contribution in [2.75, 3.05) is 88.5 Å². The third kappa shape index (κ3) is 8.67. The Labute approximate surface area is 378 Å². The lowest BCUT2D eigenvalue weighted by Gasteiger charge is -2.40. The first kappa shape index (κ1) is 42.4. The molecule has 3 amide bonds. The molecular weight excluding hydrogens is 832 g/mol. The van der Waals surface area contributed by atoms with E-state index in [-0.39, 0.29) is 49.1 Å². The molecule has 1 aliphatic carbocycles. The molecule has 6 fully saturated rings. The van der Waals surface area contributed by atoms with Gasteiger partial charge in [0.1, 0.15) is 35.2 Å². The van der Waals surface area contributed by atoms with Gasteiger partial charge in [-0.3, -0.25) is 29.5 Å². The number of amides is 3. The number of hydrogen-bond acceptors (Lipinski definition) is 13. The number of carbonyl (C=O) groups is 3. The average Bonchev–Trinajstić information content (AvgIpc) is 3.78. The van der Waals surface area contributed by atoms with Crippen molar-refractivity contribution in [2.24, 2.45) is 5.92 Å². The summed E-state index contributed by atoms with van der Waals surface area (Å²) < 4.78 is 37.1. The molecule has 0 bridgehead atoms. The van der Waals surface area contributed by atoms with Gasteiger partial charge in [-0.15, -0.1) is 0 Å². The summed E-state index contributed by atoms with van der Waals surface area (Å²) in [6.45, 7) is 12.2. The molecule has 2 aromatic heterocycles. The maximum absolute atomic E-state index is 16.0. The molecule has 17 heteroatoms. The van der Waals surface area contributed by atoms with Crippen molar-refractivity contribution in [3.05, 3.63) is 59.7 Å². The van der Waals surface area contributed by atoms with Crippen LogP contribution in [0.2, 0.25) is 0 Å². The molecule has 8 heterocycles. The zero-order valence-corrected chi connectivity index (χ0v) is 37.3. The molecule has 1 saturated carbocycles. The molecular formula is C48H59FN10O6. The quantitative estimate of drug-likeness (QED) is 0.207. The number of carbonyl (C=O) groups excluding carboxylic acids is 3. The van der Waals surface area contributed by atoms with E-state index in [0.717, 1.165) is 144 Å². The molecule has 0 spiro atoms. The van der Waals surface area contributed by atoms with Gasteiger partial charge in [0.15, 0.2) is 12.0 Å². The molecule has 7 aliphatic rings. The van der Waals surface area contributed by atoms with Crippen LogP contribution in [0, 0.1) is 11.7 Å². The molecule has 6 aliphatic heterocycles. The fourth-order valence-electron chi connectivity index (χ4n) is 10.7. The van der Waals surface area contributed by atoms with Gasteiger partial charge in [0, 0.05) is 101 Å². The maximum atomic E-state index is 16.0. The predicted octanol–water partition coefficient (Wildman–Crippen LogP) is 4.76. The minimum atomic E-state index is -0.767. The van der Waals surface area contributed by atoms with E-state index in [4.69, 9.17) is 29.3 Å². The number of anilines is 2. The molecule has 5 saturated heterocycles. The van der Waals surface area contributed by atoms with Gasteiger partial charge in [0.2, 0.25) is 11.8 Å². The standard InChI is InChI=1S/C48H59FN10O6/c1-48(13-14-48)65-32-7-9-38-35(24-32)45(53-59(38)43-4-2-3-23-63-43)37-25-41(51-30-50-37)57-21-17-54(18-22-57)26-31-5-6-33(64-29-31)27-55-15-19-56(20-16-55)39-10-8-34-36(44(39)49)28-58(47(34)62)40-11-12-42(60)52-46(40)61/h7-10,24-25,30-31,33,40,43H,2-6,11-23,26-29H2,1H3,(H,52,60,61)/t31-,33-,40?,43?/m0/s1. The van der Waals surface area contributed by atoms with Crippen LogP contribution in [0.5, 0.6) is 5.75 Å². The Hall–Kier alpha value is -5.23. The highest BCUT2D eigenvalue weighted by atomic mass is 19.1. The van der Waals surface area contributed by atoms with Crippen molar-refractivity contribution < 1.29 is 33.0 Å². The summed E-state index contributed by atoms with van der Waals surface area (Å²) in [6, 6.07) is 11.0. The SMILES string of the molecule is CC1(Oc2ccc3c(c2)c(-c2cc(N4CCN(C[C@@H]5CC[C@@H](CN6CCN(c7ccc8c(c7F)CN(C7CCC(=O)NC7=O)C8=O)CC6)OC5)CC4)ncn2)nn3C2CCCCO2)CC1. The summed E-state index contributed by atoms with van der Waals surface area (Å²) >= 11 is 0. The Balaban J connectivity index is 0.649. The van der Waals surface area contributed by atoms with Crippen LogP contribution in [-0.2, 0) is 25.6 Å². The van der Waals surface area contributed by atoms with Crippen LogP contribution in [0.4, 0.5) is 15.9 Å². The van der Waals surface area contributed by atoms with Crippen molar-refractivity contribution >= 4 is 40.1 Å². The lowest BCUT2D eigenvalue weighted by Crippen LogP contribution is -2.52. The van der Waals surface area contributed by atoms with Crippen LogP contribution in [0.25, 0.3) is 22.3 Å². The van der Waals surface area contributed by atoms with Gasteiger partial charge in [0.05, 0.1) is 36.2 Å². The van der Waals surface area contributed by atoms with E-state index in [1.54, 1.807) is 18.5 Å². The molecule has 1 N–H and O–H groups in total. The predicted molar refractivity (Wildman–Crippen MR) is 240 cm³/mol. The third-order valence-corrected chi connectivity index (χ3v) is 14.8. The number of nitrogens with one attached hydrogen (secondary N) is 1. The smallest absolute Gasteiger partial charge is 0.255 e. The number of fused-ring (bicyclic) bond motifs is 2. The normalized spacial score (nSPS) is 26.4. The zero-order valence-electron chi connectivity index (χ0n) is 37.3. The number of benzene rings is 2. The van der Waals surface area contributed by atoms with E-state index in [2.05, 4.69) is 56.1 Å². The highest BCUT2D eigenvalue weighted by Gasteiger charge is 2.42. The lowest BCUT2D eigenvalue weighted by atomic mass is 9.97. The first-order valence-electron chi connectivity index (χ1n) is 23.8. The van der Waals surface area contributed by atoms with Crippen LogP contribution in [0.1, 0.15) is 86.9 Å². The van der Waals surface area contributed by atoms with Gasteiger partial charge in [0.25, 0.3) is 5.91 Å². The molecule has 344 valence electrons. The summed E-state index contributed by atoms with van der Waals surface area (Å²) in [5, 5.41) is 8.47. The second-order valence-corrected chi connectivity index (χ2v) is 19.4. The van der Waals surface area contributed by atoms with Gasteiger partial charge in [-0.2, -0.15) is 5.10 Å². The molecule has 4 aromatic rings. The number of piperidine rings is 1. The summed E-state index contributed by atoms with van der Waals surface area (Å²) in [4.78, 5) is 57.6. The summed E-state index contributed by atoms with van der Waals surface area (Å²) in [6.07, 6.45) is 9.59. The number of hydrogen-bond donors (Lipinski definition) is 1. The van der Waals surface area contributed by atoms with Crippen molar-refractivity contribution in [1.82, 2.24) is 39.8 Å². The van der Waals surface area contributed by atoms with Gasteiger partial charge in [-0.1, -0.05) is 0 Å². The Morgan fingerprint density at radius 1 is 0.862 bits per heavy atom. The van der Waals surface area contributed by atoms with Crippen molar-refractivity contribution in [2.45, 2.75) is 95.2 Å². The average molecular weight is 891 g/mol. The molecule has 16 nitrogen and oxygen atoms in total. The molecule has 2 aromatic carbocycles. The van der Waals surface area contributed by atoms with Crippen molar-refractivity contribution in [3.8, 4) is 17.1 Å². The first-order valence-corrected chi connectivity index (χ1v) is 23.8. The fraction of sp³-hybridized carbons (Fsp3) is 0.583. The van der Waals surface area contributed by atoms with Gasteiger partial charge in [-0.25, -0.2) is 19.0 Å². The van der Waals surface area contributed by atoms with Gasteiger partial charge >= 0.3 is 0 Å². The van der Waals surface area contributed by atoms with Crippen LogP contribution in [-0.4, -0.2) is 149 Å². The number of ether oxygens (including phenoxy) is 3. The largest absolute Gasteiger partial charge is 0.488 e. The molecule has 2 unspecified atom stereocenters. The number of nitrogens with zero attached hydrogens (tertiary/aromatic N) is 9. The van der Waals surface area contributed by atoms with E-state index in [1.807, 2.05) is 4.68 Å². The second-order valence-electron chi connectivity index (χ2n) is 19.4. The third-order valence-electron chi connectivity index (χ3n) is 14.8. The Morgan fingerprint density at radius 2 is 1.66 bits per heavy atom. The van der Waals surface area contributed by atoms with Crippen molar-refractivity contribution in [3.63, 3.8) is 0 Å². The number of aromatic nitrogens is 4. The van der Waals surface area contributed by atoms with E-state index < -0.39 is 17.8 Å². The molecule has 11 rings (SSSR count). The molecule has 4 atom stereocenters. The number of rotatable bonds is 11. The lowest BCUT2D eigenvalue weighted by molar-refractivity contribution is -0.136. The van der Waals surface area contributed by atoms with E-state index in [0.29, 0.717) is 35.8 Å². The van der Waals surface area contributed by atoms with E-state index in [1.165, 1.54) is 4.90 Å². The Morgan fingerprint density at radius 3 is 2.40 bits per heavy atom.